The molecule has 0 aliphatic carbocycles. The highest BCUT2D eigenvalue weighted by Crippen LogP contribution is 2.06. The third kappa shape index (κ3) is 1.52. The van der Waals surface area contributed by atoms with E-state index < -0.39 is 6.29 Å². The minimum atomic E-state index is -1.37. The van der Waals surface area contributed by atoms with Gasteiger partial charge in [-0.05, 0) is 12.1 Å². The van der Waals surface area contributed by atoms with Gasteiger partial charge in [0, 0.05) is 5.56 Å². The minimum absolute atomic E-state index is 0.470. The molecule has 2 nitrogen and oxygen atoms in total. The van der Waals surface area contributed by atoms with Crippen LogP contribution in [-0.2, 0) is 0 Å². The summed E-state index contributed by atoms with van der Waals surface area (Å²) in [7, 11) is 0. The van der Waals surface area contributed by atoms with Crippen LogP contribution in [0.4, 0.5) is 0 Å². The highest BCUT2D eigenvalue weighted by atomic mass is 16.5. The first kappa shape index (κ1) is 6.26. The van der Waals surface area contributed by atoms with E-state index in [1.54, 1.807) is 18.2 Å². The lowest BCUT2D eigenvalue weighted by Crippen LogP contribution is -1.92. The van der Waals surface area contributed by atoms with Crippen LogP contribution in [0.3, 0.4) is 0 Å². The summed E-state index contributed by atoms with van der Waals surface area (Å²) in [5.74, 6) is 0. The predicted octanol–water partition coefficient (Wildman–Crippen LogP) is 0.470. The topological polar surface area (TPSA) is 40.5 Å². The molecule has 0 bridgehead atoms. The average molecular weight is 123 g/mol. The molecule has 0 unspecified atom stereocenters. The first-order valence-electron chi connectivity index (χ1n) is 2.63. The van der Waals surface area contributed by atoms with Crippen LogP contribution >= 0.6 is 0 Å². The molecule has 0 aliphatic heterocycles. The zero-order valence-electron chi connectivity index (χ0n) is 4.78. The monoisotopic (exact) mass is 123 g/mol. The molecule has 1 rings (SSSR count). The smallest absolute Gasteiger partial charge is 0.178 e. The molecule has 0 fully saturated rings. The number of aliphatic hydroxyl groups excluding tert-OH is 1. The van der Waals surface area contributed by atoms with Crippen molar-refractivity contribution in [2.75, 3.05) is 0 Å². The highest BCUT2D eigenvalue weighted by Gasteiger charge is 1.97. The normalized spacial score (nSPS) is 10.1. The van der Waals surface area contributed by atoms with E-state index in [1.807, 2.05) is 0 Å². The Bertz CT molecular complexity index is 170. The van der Waals surface area contributed by atoms with Crippen LogP contribution in [0, 0.1) is 6.07 Å². The number of aliphatic hydroxyl groups is 2. The van der Waals surface area contributed by atoms with Gasteiger partial charge >= 0.3 is 0 Å². The molecular formula is C7H7O2. The zero-order chi connectivity index (χ0) is 6.69. The molecule has 9 heavy (non-hydrogen) atoms. The standard InChI is InChI=1S/C7H7O2/c8-7(9)6-4-2-1-3-5-6/h1-2,4-5,7-9H. The molecule has 0 aliphatic rings. The van der Waals surface area contributed by atoms with E-state index >= 15 is 0 Å². The van der Waals surface area contributed by atoms with E-state index in [0.717, 1.165) is 0 Å². The fourth-order valence-corrected chi connectivity index (χ4v) is 0.568. The van der Waals surface area contributed by atoms with Crippen molar-refractivity contribution in [3.63, 3.8) is 0 Å². The maximum atomic E-state index is 8.56. The second-order valence-corrected chi connectivity index (χ2v) is 1.71. The van der Waals surface area contributed by atoms with E-state index in [9.17, 15) is 0 Å². The van der Waals surface area contributed by atoms with E-state index in [-0.39, 0.29) is 0 Å². The Morgan fingerprint density at radius 3 is 2.56 bits per heavy atom. The number of benzene rings is 1. The van der Waals surface area contributed by atoms with Crippen LogP contribution in [0.15, 0.2) is 24.3 Å². The summed E-state index contributed by atoms with van der Waals surface area (Å²) in [6.45, 7) is 0. The number of hydrogen-bond acceptors (Lipinski definition) is 2. The Morgan fingerprint density at radius 1 is 1.44 bits per heavy atom. The highest BCUT2D eigenvalue weighted by molar-refractivity contribution is 5.14. The van der Waals surface area contributed by atoms with Gasteiger partial charge in [-0.3, -0.25) is 0 Å². The first-order valence-corrected chi connectivity index (χ1v) is 2.63. The largest absolute Gasteiger partial charge is 0.364 e. The Kier molecular flexibility index (Phi) is 1.82. The number of rotatable bonds is 1. The summed E-state index contributed by atoms with van der Waals surface area (Å²) in [6.07, 6.45) is -1.37. The summed E-state index contributed by atoms with van der Waals surface area (Å²) in [6, 6.07) is 9.28. The summed E-state index contributed by atoms with van der Waals surface area (Å²) < 4.78 is 0. The van der Waals surface area contributed by atoms with Gasteiger partial charge in [0.1, 0.15) is 0 Å². The molecule has 0 amide bonds. The zero-order valence-corrected chi connectivity index (χ0v) is 4.78. The van der Waals surface area contributed by atoms with E-state index in [2.05, 4.69) is 6.07 Å². The van der Waals surface area contributed by atoms with Crippen molar-refractivity contribution in [3.05, 3.63) is 35.9 Å². The molecule has 0 saturated carbocycles. The van der Waals surface area contributed by atoms with Gasteiger partial charge in [0.15, 0.2) is 6.29 Å². The summed E-state index contributed by atoms with van der Waals surface area (Å²) in [4.78, 5) is 0. The van der Waals surface area contributed by atoms with Gasteiger partial charge in [-0.25, -0.2) is 0 Å². The molecule has 1 aromatic carbocycles. The molecular weight excluding hydrogens is 116 g/mol. The van der Waals surface area contributed by atoms with Crippen LogP contribution < -0.4 is 0 Å². The molecule has 1 radical (unpaired) electrons. The van der Waals surface area contributed by atoms with Crippen molar-refractivity contribution in [1.82, 2.24) is 0 Å². The van der Waals surface area contributed by atoms with Crippen LogP contribution in [0.1, 0.15) is 11.9 Å². The van der Waals surface area contributed by atoms with Gasteiger partial charge in [-0.15, -0.1) is 0 Å². The van der Waals surface area contributed by atoms with Gasteiger partial charge in [0.25, 0.3) is 0 Å². The van der Waals surface area contributed by atoms with E-state index in [0.29, 0.717) is 5.56 Å². The molecule has 0 atom stereocenters. The van der Waals surface area contributed by atoms with E-state index in [1.165, 1.54) is 6.07 Å². The average Bonchev–Trinajstić information content (AvgIpc) is 1.90. The van der Waals surface area contributed by atoms with E-state index in [4.69, 9.17) is 10.2 Å². The Morgan fingerprint density at radius 2 is 2.22 bits per heavy atom. The lowest BCUT2D eigenvalue weighted by molar-refractivity contribution is -0.0424. The van der Waals surface area contributed by atoms with Crippen molar-refractivity contribution in [2.45, 2.75) is 6.29 Å². The van der Waals surface area contributed by atoms with Gasteiger partial charge < -0.3 is 10.2 Å². The summed E-state index contributed by atoms with van der Waals surface area (Å²) in [5, 5.41) is 17.1. The minimum Gasteiger partial charge on any atom is -0.364 e. The van der Waals surface area contributed by atoms with Crippen molar-refractivity contribution in [1.29, 1.82) is 0 Å². The van der Waals surface area contributed by atoms with Gasteiger partial charge in [0.2, 0.25) is 0 Å². The summed E-state index contributed by atoms with van der Waals surface area (Å²) >= 11 is 0. The second kappa shape index (κ2) is 2.62. The lowest BCUT2D eigenvalue weighted by Gasteiger charge is -1.99. The molecule has 47 valence electrons. The third-order valence-electron chi connectivity index (χ3n) is 1.03. The predicted molar refractivity (Wildman–Crippen MR) is 32.5 cm³/mol. The first-order chi connectivity index (χ1) is 4.30. The molecule has 0 saturated heterocycles. The number of hydrogen-bond donors (Lipinski definition) is 2. The quantitative estimate of drug-likeness (QED) is 0.533. The third-order valence-corrected chi connectivity index (χ3v) is 1.03. The van der Waals surface area contributed by atoms with Gasteiger partial charge in [-0.1, -0.05) is 18.2 Å². The molecule has 2 heteroatoms. The van der Waals surface area contributed by atoms with Gasteiger partial charge in [0.05, 0.1) is 0 Å². The second-order valence-electron chi connectivity index (χ2n) is 1.71. The molecule has 2 N–H and O–H groups in total. The van der Waals surface area contributed by atoms with Crippen molar-refractivity contribution in [3.8, 4) is 0 Å². The van der Waals surface area contributed by atoms with Crippen molar-refractivity contribution >= 4 is 0 Å². The van der Waals surface area contributed by atoms with Crippen LogP contribution in [-0.4, -0.2) is 10.2 Å². The fourth-order valence-electron chi connectivity index (χ4n) is 0.568. The molecule has 1 aromatic rings. The maximum Gasteiger partial charge on any atom is 0.178 e. The van der Waals surface area contributed by atoms with Crippen LogP contribution in [0.25, 0.3) is 0 Å². The van der Waals surface area contributed by atoms with Crippen LogP contribution in [0.5, 0.6) is 0 Å². The summed E-state index contributed by atoms with van der Waals surface area (Å²) in [5.41, 5.74) is 0.470. The van der Waals surface area contributed by atoms with Gasteiger partial charge in [-0.2, -0.15) is 0 Å². The Hall–Kier alpha value is -0.860. The molecule has 0 aromatic heterocycles. The van der Waals surface area contributed by atoms with Crippen molar-refractivity contribution < 1.29 is 10.2 Å². The molecule has 0 heterocycles. The molecule has 0 spiro atoms. The Labute approximate surface area is 53.4 Å². The lowest BCUT2D eigenvalue weighted by atomic mass is 10.2. The SMILES string of the molecule is OC(O)c1c[c]ccc1. The van der Waals surface area contributed by atoms with Crippen molar-refractivity contribution in [2.24, 2.45) is 0 Å². The fraction of sp³-hybridized carbons (Fsp3) is 0.143. The Balaban J connectivity index is 2.85. The maximum absolute atomic E-state index is 8.56. The van der Waals surface area contributed by atoms with Crippen LogP contribution in [0.2, 0.25) is 0 Å².